The second-order valence-electron chi connectivity index (χ2n) is 3.76. The Morgan fingerprint density at radius 2 is 2.00 bits per heavy atom. The molecule has 16 heavy (non-hydrogen) atoms. The highest BCUT2D eigenvalue weighted by Gasteiger charge is 2.19. The molecule has 0 aromatic heterocycles. The van der Waals surface area contributed by atoms with Crippen molar-refractivity contribution in [2.24, 2.45) is 0 Å². The zero-order valence-corrected chi connectivity index (χ0v) is 9.51. The second kappa shape index (κ2) is 5.90. The molecular formula is C12H16N2O2. The van der Waals surface area contributed by atoms with E-state index in [9.17, 15) is 9.59 Å². The smallest absolute Gasteiger partial charge is 0.244 e. The lowest BCUT2D eigenvalue weighted by molar-refractivity contribution is -0.132. The first-order valence-corrected chi connectivity index (χ1v) is 5.10. The van der Waals surface area contributed by atoms with E-state index in [-0.39, 0.29) is 5.91 Å². The number of hydrogen-bond acceptors (Lipinski definition) is 2. The van der Waals surface area contributed by atoms with E-state index < -0.39 is 6.04 Å². The van der Waals surface area contributed by atoms with Crippen LogP contribution in [0.3, 0.4) is 0 Å². The molecule has 1 aromatic rings. The van der Waals surface area contributed by atoms with Gasteiger partial charge in [0.2, 0.25) is 12.3 Å². The van der Waals surface area contributed by atoms with E-state index in [1.165, 1.54) is 4.90 Å². The molecule has 0 aliphatic carbocycles. The molecule has 0 fully saturated rings. The Hall–Kier alpha value is -1.84. The number of benzene rings is 1. The first-order valence-electron chi connectivity index (χ1n) is 5.10. The van der Waals surface area contributed by atoms with Crippen LogP contribution in [0.2, 0.25) is 0 Å². The van der Waals surface area contributed by atoms with Gasteiger partial charge in [-0.2, -0.15) is 0 Å². The molecule has 4 nitrogen and oxygen atoms in total. The Kier molecular flexibility index (Phi) is 4.51. The van der Waals surface area contributed by atoms with Gasteiger partial charge in [0.05, 0.1) is 0 Å². The summed E-state index contributed by atoms with van der Waals surface area (Å²) < 4.78 is 0. The Balaban J connectivity index is 2.72. The molecule has 1 N–H and O–H groups in total. The number of hydrogen-bond donors (Lipinski definition) is 1. The highest BCUT2D eigenvalue weighted by molar-refractivity contribution is 5.83. The highest BCUT2D eigenvalue weighted by Crippen LogP contribution is 2.04. The lowest BCUT2D eigenvalue weighted by atomic mass is 10.1. The van der Waals surface area contributed by atoms with E-state index in [0.717, 1.165) is 5.56 Å². The summed E-state index contributed by atoms with van der Waals surface area (Å²) in [5, 5.41) is 2.54. The summed E-state index contributed by atoms with van der Waals surface area (Å²) in [6, 6.07) is 9.11. The monoisotopic (exact) mass is 220 g/mol. The van der Waals surface area contributed by atoms with Gasteiger partial charge in [0.15, 0.2) is 0 Å². The van der Waals surface area contributed by atoms with Crippen molar-refractivity contribution in [2.75, 3.05) is 14.1 Å². The summed E-state index contributed by atoms with van der Waals surface area (Å²) in [6.07, 6.45) is 1.08. The standard InChI is InChI=1S/C12H16N2O2/c1-14(2)12(16)11(13-9-15)8-10-6-4-3-5-7-10/h3-7,9,11H,8H2,1-2H3,(H,13,15). The van der Waals surface area contributed by atoms with Crippen LogP contribution in [-0.4, -0.2) is 37.4 Å². The van der Waals surface area contributed by atoms with E-state index in [0.29, 0.717) is 12.8 Å². The third-order valence-electron chi connectivity index (χ3n) is 2.29. The van der Waals surface area contributed by atoms with Gasteiger partial charge in [-0.15, -0.1) is 0 Å². The fourth-order valence-corrected chi connectivity index (χ4v) is 1.46. The van der Waals surface area contributed by atoms with Crippen LogP contribution in [-0.2, 0) is 16.0 Å². The third kappa shape index (κ3) is 3.38. The minimum atomic E-state index is -0.491. The molecule has 0 saturated carbocycles. The predicted octanol–water partition coefficient (Wildman–Crippen LogP) is 0.432. The zero-order chi connectivity index (χ0) is 12.0. The van der Waals surface area contributed by atoms with Gasteiger partial charge in [-0.25, -0.2) is 0 Å². The molecular weight excluding hydrogens is 204 g/mol. The maximum Gasteiger partial charge on any atom is 0.244 e. The SMILES string of the molecule is CN(C)C(=O)C(Cc1ccccc1)NC=O. The largest absolute Gasteiger partial charge is 0.347 e. The summed E-state index contributed by atoms with van der Waals surface area (Å²) in [4.78, 5) is 23.7. The van der Waals surface area contributed by atoms with Gasteiger partial charge in [0, 0.05) is 20.5 Å². The van der Waals surface area contributed by atoms with Crippen molar-refractivity contribution in [2.45, 2.75) is 12.5 Å². The maximum atomic E-state index is 11.7. The summed E-state index contributed by atoms with van der Waals surface area (Å²) in [6.45, 7) is 0. The molecule has 1 rings (SSSR count). The van der Waals surface area contributed by atoms with Crippen molar-refractivity contribution >= 4 is 12.3 Å². The highest BCUT2D eigenvalue weighted by atomic mass is 16.2. The number of rotatable bonds is 5. The molecule has 86 valence electrons. The minimum absolute atomic E-state index is 0.101. The molecule has 1 unspecified atom stereocenters. The van der Waals surface area contributed by atoms with E-state index in [2.05, 4.69) is 5.32 Å². The predicted molar refractivity (Wildman–Crippen MR) is 61.8 cm³/mol. The number of nitrogens with zero attached hydrogens (tertiary/aromatic N) is 1. The van der Waals surface area contributed by atoms with Gasteiger partial charge in [-0.3, -0.25) is 9.59 Å². The van der Waals surface area contributed by atoms with Crippen LogP contribution < -0.4 is 5.32 Å². The molecule has 0 saturated heterocycles. The summed E-state index contributed by atoms with van der Waals surface area (Å²) >= 11 is 0. The third-order valence-corrected chi connectivity index (χ3v) is 2.29. The van der Waals surface area contributed by atoms with E-state index >= 15 is 0 Å². The zero-order valence-electron chi connectivity index (χ0n) is 9.51. The fraction of sp³-hybridized carbons (Fsp3) is 0.333. The molecule has 0 aliphatic heterocycles. The average Bonchev–Trinajstić information content (AvgIpc) is 2.29. The molecule has 1 aromatic carbocycles. The normalized spacial score (nSPS) is 11.6. The van der Waals surface area contributed by atoms with Gasteiger partial charge in [0.1, 0.15) is 6.04 Å². The van der Waals surface area contributed by atoms with Crippen molar-refractivity contribution < 1.29 is 9.59 Å². The molecule has 0 heterocycles. The molecule has 0 radical (unpaired) electrons. The Bertz CT molecular complexity index is 349. The molecule has 0 bridgehead atoms. The van der Waals surface area contributed by atoms with E-state index in [4.69, 9.17) is 0 Å². The number of carbonyl (C=O) groups excluding carboxylic acids is 2. The molecule has 0 aliphatic rings. The number of amides is 2. The van der Waals surface area contributed by atoms with Crippen molar-refractivity contribution in [1.29, 1.82) is 0 Å². The van der Waals surface area contributed by atoms with Gasteiger partial charge in [-0.1, -0.05) is 30.3 Å². The molecule has 2 amide bonds. The van der Waals surface area contributed by atoms with Crippen LogP contribution in [0, 0.1) is 0 Å². The molecule has 4 heteroatoms. The van der Waals surface area contributed by atoms with Crippen molar-refractivity contribution in [3.63, 3.8) is 0 Å². The van der Waals surface area contributed by atoms with Crippen LogP contribution in [0.15, 0.2) is 30.3 Å². The van der Waals surface area contributed by atoms with Crippen LogP contribution in [0.1, 0.15) is 5.56 Å². The summed E-state index contributed by atoms with van der Waals surface area (Å²) in [5.74, 6) is -0.101. The average molecular weight is 220 g/mol. The summed E-state index contributed by atoms with van der Waals surface area (Å²) in [7, 11) is 3.35. The molecule has 0 spiro atoms. The van der Waals surface area contributed by atoms with Gasteiger partial charge < -0.3 is 10.2 Å². The molecule has 1 atom stereocenters. The van der Waals surface area contributed by atoms with Crippen LogP contribution in [0.25, 0.3) is 0 Å². The quantitative estimate of drug-likeness (QED) is 0.732. The van der Waals surface area contributed by atoms with Crippen LogP contribution >= 0.6 is 0 Å². The maximum absolute atomic E-state index is 11.7. The van der Waals surface area contributed by atoms with Crippen molar-refractivity contribution in [3.05, 3.63) is 35.9 Å². The van der Waals surface area contributed by atoms with Gasteiger partial charge in [0.25, 0.3) is 0 Å². The van der Waals surface area contributed by atoms with Crippen LogP contribution in [0.4, 0.5) is 0 Å². The van der Waals surface area contributed by atoms with E-state index in [1.54, 1.807) is 14.1 Å². The minimum Gasteiger partial charge on any atom is -0.347 e. The first-order chi connectivity index (χ1) is 7.65. The number of carbonyl (C=O) groups is 2. The second-order valence-corrected chi connectivity index (χ2v) is 3.76. The van der Waals surface area contributed by atoms with Crippen molar-refractivity contribution in [3.8, 4) is 0 Å². The van der Waals surface area contributed by atoms with Crippen LogP contribution in [0.5, 0.6) is 0 Å². The topological polar surface area (TPSA) is 49.4 Å². The number of likely N-dealkylation sites (N-methyl/N-ethyl adjacent to an activating group) is 1. The summed E-state index contributed by atoms with van der Waals surface area (Å²) in [5.41, 5.74) is 1.03. The Morgan fingerprint density at radius 3 is 2.50 bits per heavy atom. The van der Waals surface area contributed by atoms with Gasteiger partial charge >= 0.3 is 0 Å². The number of nitrogens with one attached hydrogen (secondary N) is 1. The Morgan fingerprint density at radius 1 is 1.38 bits per heavy atom. The first kappa shape index (κ1) is 12.2. The lowest BCUT2D eigenvalue weighted by Gasteiger charge is -2.19. The van der Waals surface area contributed by atoms with Gasteiger partial charge in [-0.05, 0) is 5.56 Å². The fourth-order valence-electron chi connectivity index (χ4n) is 1.46. The van der Waals surface area contributed by atoms with Crippen molar-refractivity contribution in [1.82, 2.24) is 10.2 Å². The lowest BCUT2D eigenvalue weighted by Crippen LogP contribution is -2.44. The van der Waals surface area contributed by atoms with E-state index in [1.807, 2.05) is 30.3 Å². The Labute approximate surface area is 95.3 Å².